The molecule has 3 heteroatoms. The Bertz CT molecular complexity index is 541. The Hall–Kier alpha value is -1.71. The number of pyridine rings is 1. The van der Waals surface area contributed by atoms with Gasteiger partial charge in [-0.05, 0) is 36.6 Å². The number of nitrogens with two attached hydrogens (primary N) is 1. The van der Waals surface area contributed by atoms with Crippen molar-refractivity contribution in [3.63, 3.8) is 0 Å². The second kappa shape index (κ2) is 6.83. The van der Waals surface area contributed by atoms with Crippen LogP contribution in [-0.2, 0) is 0 Å². The number of nitrogens with zero attached hydrogens (tertiary/aromatic N) is 2. The summed E-state index contributed by atoms with van der Waals surface area (Å²) in [6.45, 7) is 2.88. The minimum absolute atomic E-state index is 0.406. The van der Waals surface area contributed by atoms with Gasteiger partial charge in [0, 0.05) is 37.4 Å². The van der Waals surface area contributed by atoms with Crippen LogP contribution in [0.4, 0.5) is 0 Å². The predicted octanol–water partition coefficient (Wildman–Crippen LogP) is 2.96. The molecule has 0 saturated carbocycles. The molecule has 2 heterocycles. The van der Waals surface area contributed by atoms with Crippen LogP contribution in [0.5, 0.6) is 0 Å². The monoisotopic (exact) mass is 281 g/mol. The highest BCUT2D eigenvalue weighted by atomic mass is 15.2. The van der Waals surface area contributed by atoms with E-state index in [1.165, 1.54) is 24.0 Å². The van der Waals surface area contributed by atoms with Gasteiger partial charge in [-0.2, -0.15) is 0 Å². The highest BCUT2D eigenvalue weighted by molar-refractivity contribution is 5.21. The molecular weight excluding hydrogens is 258 g/mol. The van der Waals surface area contributed by atoms with Crippen LogP contribution in [0.15, 0.2) is 54.9 Å². The van der Waals surface area contributed by atoms with E-state index in [1.54, 1.807) is 0 Å². The Morgan fingerprint density at radius 1 is 1.19 bits per heavy atom. The van der Waals surface area contributed by atoms with Gasteiger partial charge < -0.3 is 5.73 Å². The first-order valence-corrected chi connectivity index (χ1v) is 7.77. The molecule has 0 spiro atoms. The third kappa shape index (κ3) is 3.31. The number of likely N-dealkylation sites (tertiary alicyclic amines) is 1. The van der Waals surface area contributed by atoms with Crippen molar-refractivity contribution in [3.8, 4) is 0 Å². The molecular formula is C18H23N3. The summed E-state index contributed by atoms with van der Waals surface area (Å²) in [7, 11) is 0. The molecule has 110 valence electrons. The van der Waals surface area contributed by atoms with E-state index in [0.29, 0.717) is 18.5 Å². The summed E-state index contributed by atoms with van der Waals surface area (Å²) in [5.41, 5.74) is 8.70. The molecule has 3 rings (SSSR count). The highest BCUT2D eigenvalue weighted by Crippen LogP contribution is 2.33. The average Bonchev–Trinajstić information content (AvgIpc) is 3.02. The topological polar surface area (TPSA) is 42.1 Å². The van der Waals surface area contributed by atoms with Crippen molar-refractivity contribution in [2.24, 2.45) is 5.73 Å². The van der Waals surface area contributed by atoms with E-state index in [1.807, 2.05) is 18.5 Å². The fourth-order valence-corrected chi connectivity index (χ4v) is 3.32. The quantitative estimate of drug-likeness (QED) is 0.916. The average molecular weight is 281 g/mol. The van der Waals surface area contributed by atoms with Crippen LogP contribution in [-0.4, -0.2) is 29.5 Å². The molecule has 0 amide bonds. The van der Waals surface area contributed by atoms with E-state index in [-0.39, 0.29) is 0 Å². The van der Waals surface area contributed by atoms with Crippen LogP contribution in [0.2, 0.25) is 0 Å². The summed E-state index contributed by atoms with van der Waals surface area (Å²) in [5, 5.41) is 0. The third-order valence-corrected chi connectivity index (χ3v) is 4.44. The zero-order chi connectivity index (χ0) is 14.5. The van der Waals surface area contributed by atoms with E-state index in [0.717, 1.165) is 13.1 Å². The van der Waals surface area contributed by atoms with Gasteiger partial charge in [-0.25, -0.2) is 0 Å². The molecule has 1 aliphatic rings. The van der Waals surface area contributed by atoms with Crippen molar-refractivity contribution in [1.29, 1.82) is 0 Å². The zero-order valence-corrected chi connectivity index (χ0v) is 12.4. The molecule has 2 aromatic rings. The summed E-state index contributed by atoms with van der Waals surface area (Å²) < 4.78 is 0. The molecule has 1 aromatic carbocycles. The van der Waals surface area contributed by atoms with Crippen molar-refractivity contribution in [3.05, 3.63) is 66.0 Å². The van der Waals surface area contributed by atoms with E-state index in [4.69, 9.17) is 5.73 Å². The third-order valence-electron chi connectivity index (χ3n) is 4.44. The number of rotatable bonds is 5. The van der Waals surface area contributed by atoms with Crippen molar-refractivity contribution < 1.29 is 0 Å². The van der Waals surface area contributed by atoms with Crippen LogP contribution >= 0.6 is 0 Å². The van der Waals surface area contributed by atoms with Gasteiger partial charge in [0.25, 0.3) is 0 Å². The predicted molar refractivity (Wildman–Crippen MR) is 86.0 cm³/mol. The summed E-state index contributed by atoms with van der Waals surface area (Å²) in [6, 6.07) is 15.3. The Morgan fingerprint density at radius 2 is 2.05 bits per heavy atom. The smallest absolute Gasteiger partial charge is 0.0364 e. The largest absolute Gasteiger partial charge is 0.330 e. The van der Waals surface area contributed by atoms with Crippen LogP contribution in [0, 0.1) is 0 Å². The van der Waals surface area contributed by atoms with Gasteiger partial charge in [0.15, 0.2) is 0 Å². The lowest BCUT2D eigenvalue weighted by Gasteiger charge is -2.28. The highest BCUT2D eigenvalue weighted by Gasteiger charge is 2.28. The number of benzene rings is 1. The van der Waals surface area contributed by atoms with Gasteiger partial charge in [-0.1, -0.05) is 36.4 Å². The fourth-order valence-electron chi connectivity index (χ4n) is 3.32. The van der Waals surface area contributed by atoms with Crippen molar-refractivity contribution in [2.75, 3.05) is 19.6 Å². The molecule has 1 aliphatic heterocycles. The molecule has 1 saturated heterocycles. The van der Waals surface area contributed by atoms with Crippen molar-refractivity contribution in [2.45, 2.75) is 24.8 Å². The molecule has 21 heavy (non-hydrogen) atoms. The Balaban J connectivity index is 1.74. The maximum absolute atomic E-state index is 6.03. The van der Waals surface area contributed by atoms with Gasteiger partial charge in [0.05, 0.1) is 0 Å². The molecule has 2 atom stereocenters. The summed E-state index contributed by atoms with van der Waals surface area (Å²) in [6.07, 6.45) is 6.32. The van der Waals surface area contributed by atoms with Gasteiger partial charge in [-0.3, -0.25) is 9.88 Å². The molecule has 3 nitrogen and oxygen atoms in total. The second-order valence-corrected chi connectivity index (χ2v) is 5.78. The van der Waals surface area contributed by atoms with Crippen molar-refractivity contribution >= 4 is 0 Å². The first-order chi connectivity index (χ1) is 10.4. The molecule has 0 radical (unpaired) electrons. The number of hydrogen-bond acceptors (Lipinski definition) is 3. The van der Waals surface area contributed by atoms with Crippen LogP contribution < -0.4 is 5.73 Å². The molecule has 1 aromatic heterocycles. The lowest BCUT2D eigenvalue weighted by molar-refractivity contribution is 0.241. The van der Waals surface area contributed by atoms with Crippen molar-refractivity contribution in [1.82, 2.24) is 9.88 Å². The first-order valence-electron chi connectivity index (χ1n) is 7.77. The van der Waals surface area contributed by atoms with Crippen LogP contribution in [0.1, 0.15) is 35.9 Å². The van der Waals surface area contributed by atoms with Gasteiger partial charge in [-0.15, -0.1) is 0 Å². The lowest BCUT2D eigenvalue weighted by atomic mass is 9.97. The minimum Gasteiger partial charge on any atom is -0.330 e. The van der Waals surface area contributed by atoms with Gasteiger partial charge in [0.1, 0.15) is 0 Å². The summed E-state index contributed by atoms with van der Waals surface area (Å²) in [5.74, 6) is 0.406. The molecule has 2 N–H and O–H groups in total. The van der Waals surface area contributed by atoms with E-state index < -0.39 is 0 Å². The maximum Gasteiger partial charge on any atom is 0.0364 e. The summed E-state index contributed by atoms with van der Waals surface area (Å²) in [4.78, 5) is 6.84. The maximum atomic E-state index is 6.03. The first kappa shape index (κ1) is 14.2. The van der Waals surface area contributed by atoms with Gasteiger partial charge in [0.2, 0.25) is 0 Å². The normalized spacial score (nSPS) is 20.5. The van der Waals surface area contributed by atoms with Gasteiger partial charge >= 0.3 is 0 Å². The Kier molecular flexibility index (Phi) is 4.63. The van der Waals surface area contributed by atoms with E-state index in [9.17, 15) is 0 Å². The molecule has 1 fully saturated rings. The Morgan fingerprint density at radius 3 is 2.76 bits per heavy atom. The lowest BCUT2D eigenvalue weighted by Crippen LogP contribution is -2.31. The molecule has 2 unspecified atom stereocenters. The molecule has 0 aliphatic carbocycles. The fraction of sp³-hybridized carbons (Fsp3) is 0.389. The van der Waals surface area contributed by atoms with Crippen LogP contribution in [0.25, 0.3) is 0 Å². The zero-order valence-electron chi connectivity index (χ0n) is 12.4. The second-order valence-electron chi connectivity index (χ2n) is 5.78. The molecule has 0 bridgehead atoms. The SMILES string of the molecule is NCC(CN1CCCC1c1cccnc1)c1ccccc1. The van der Waals surface area contributed by atoms with E-state index >= 15 is 0 Å². The van der Waals surface area contributed by atoms with Crippen LogP contribution in [0.3, 0.4) is 0 Å². The Labute approximate surface area is 126 Å². The minimum atomic E-state index is 0.406. The standard InChI is InChI=1S/C18H23N3/c19-12-17(15-6-2-1-3-7-15)14-21-11-5-9-18(21)16-8-4-10-20-13-16/h1-4,6-8,10,13,17-18H,5,9,11-12,14,19H2. The van der Waals surface area contributed by atoms with E-state index in [2.05, 4.69) is 46.3 Å². The summed E-state index contributed by atoms with van der Waals surface area (Å²) >= 11 is 0. The number of hydrogen-bond donors (Lipinski definition) is 1. The number of aromatic nitrogens is 1.